The Morgan fingerprint density at radius 2 is 1.93 bits per heavy atom. The molecule has 0 unspecified atom stereocenters. The lowest BCUT2D eigenvalue weighted by Crippen LogP contribution is -2.28. The highest BCUT2D eigenvalue weighted by molar-refractivity contribution is 7.86. The number of ketones is 1. The number of pyridine rings is 1. The standard InChI is InChI=1S/C21H24N4O3.C7H6O4S/c1-2-4-17-15-5-3-6-18(26)16(15)8-9-19(17)28-12-11-23-21(27)14-7-10-20(25-22)24-13-14;8-5-6-3-1-2-4-7(6)12(9,10)11/h2,7-10,13H,1,3-6,11-12,22H2,(H,23,27)(H,24,25);1-5H,(H,9,10,11). The number of hydrogen-bond acceptors (Lipinski definition) is 9. The summed E-state index contributed by atoms with van der Waals surface area (Å²) in [4.78, 5) is 38.2. The fourth-order valence-corrected chi connectivity index (χ4v) is 4.80. The number of fused-ring (bicyclic) bond motifs is 1. The molecular formula is C28H30N4O7S. The van der Waals surface area contributed by atoms with E-state index in [1.807, 2.05) is 18.2 Å². The Morgan fingerprint density at radius 1 is 1.15 bits per heavy atom. The summed E-state index contributed by atoms with van der Waals surface area (Å²) >= 11 is 0. The second-order valence-electron chi connectivity index (χ2n) is 8.65. The van der Waals surface area contributed by atoms with Crippen LogP contribution in [0.25, 0.3) is 0 Å². The first-order chi connectivity index (χ1) is 19.2. The molecule has 40 heavy (non-hydrogen) atoms. The minimum atomic E-state index is -4.28. The SMILES string of the molecule is C=CCc1c(OCCNC(=O)c2ccc(NN)nc2)ccc2c1CCCC2=O.O=Cc1ccccc1S(=O)(=O)O. The van der Waals surface area contributed by atoms with E-state index in [1.54, 1.807) is 12.1 Å². The van der Waals surface area contributed by atoms with E-state index in [9.17, 15) is 22.8 Å². The fraction of sp³-hybridized carbons (Fsp3) is 0.214. The number of nitrogen functional groups attached to an aromatic ring is 1. The van der Waals surface area contributed by atoms with E-state index in [-0.39, 0.29) is 22.1 Å². The van der Waals surface area contributed by atoms with E-state index in [0.29, 0.717) is 43.7 Å². The first kappa shape index (κ1) is 30.2. The summed E-state index contributed by atoms with van der Waals surface area (Å²) in [6.45, 7) is 4.48. The smallest absolute Gasteiger partial charge is 0.295 e. The summed E-state index contributed by atoms with van der Waals surface area (Å²) in [5.41, 5.74) is 5.69. The zero-order valence-corrected chi connectivity index (χ0v) is 22.4. The van der Waals surface area contributed by atoms with E-state index >= 15 is 0 Å². The molecule has 1 aromatic heterocycles. The number of benzene rings is 2. The van der Waals surface area contributed by atoms with Gasteiger partial charge in [0.05, 0.1) is 12.1 Å². The van der Waals surface area contributed by atoms with Crippen LogP contribution in [-0.4, -0.2) is 49.1 Å². The number of hydrazine groups is 1. The van der Waals surface area contributed by atoms with Gasteiger partial charge in [0, 0.05) is 29.3 Å². The van der Waals surface area contributed by atoms with Crippen LogP contribution in [0.3, 0.4) is 0 Å². The maximum absolute atomic E-state index is 12.1. The topological polar surface area (TPSA) is 178 Å². The first-order valence-corrected chi connectivity index (χ1v) is 13.8. The number of rotatable bonds is 10. The third-order valence-corrected chi connectivity index (χ3v) is 6.94. The predicted octanol–water partition coefficient (Wildman–Crippen LogP) is 3.17. The molecule has 0 saturated heterocycles. The fourth-order valence-electron chi connectivity index (χ4n) is 4.14. The third kappa shape index (κ3) is 7.82. The van der Waals surface area contributed by atoms with E-state index in [1.165, 1.54) is 30.5 Å². The third-order valence-electron chi connectivity index (χ3n) is 6.01. The van der Waals surface area contributed by atoms with Crippen molar-refractivity contribution in [3.8, 4) is 5.75 Å². The number of nitrogens with zero attached hydrogens (tertiary/aromatic N) is 1. The van der Waals surface area contributed by atoms with Crippen molar-refractivity contribution >= 4 is 33.9 Å². The molecule has 4 rings (SSSR count). The number of amides is 1. The molecule has 0 fully saturated rings. The number of aromatic nitrogens is 1. The minimum absolute atomic E-state index is 0.0417. The van der Waals surface area contributed by atoms with Crippen molar-refractivity contribution in [2.75, 3.05) is 18.6 Å². The van der Waals surface area contributed by atoms with Gasteiger partial charge in [0.1, 0.15) is 23.1 Å². The van der Waals surface area contributed by atoms with Gasteiger partial charge in [-0.3, -0.25) is 18.9 Å². The predicted molar refractivity (Wildman–Crippen MR) is 149 cm³/mol. The van der Waals surface area contributed by atoms with Crippen molar-refractivity contribution < 1.29 is 32.1 Å². The zero-order valence-electron chi connectivity index (χ0n) is 21.6. The Kier molecular flexibility index (Phi) is 10.6. The van der Waals surface area contributed by atoms with E-state index in [2.05, 4.69) is 22.3 Å². The maximum atomic E-state index is 12.1. The molecule has 0 aliphatic heterocycles. The van der Waals surface area contributed by atoms with Crippen LogP contribution in [0.15, 0.2) is 72.3 Å². The van der Waals surface area contributed by atoms with Crippen molar-refractivity contribution in [1.82, 2.24) is 10.3 Å². The van der Waals surface area contributed by atoms with Crippen molar-refractivity contribution in [2.24, 2.45) is 5.84 Å². The molecule has 0 atom stereocenters. The first-order valence-electron chi connectivity index (χ1n) is 12.3. The van der Waals surface area contributed by atoms with Crippen molar-refractivity contribution in [3.05, 3.63) is 95.2 Å². The molecule has 1 amide bonds. The van der Waals surface area contributed by atoms with Crippen molar-refractivity contribution in [1.29, 1.82) is 0 Å². The molecule has 0 saturated carbocycles. The molecule has 11 nitrogen and oxygen atoms in total. The maximum Gasteiger partial charge on any atom is 0.295 e. The van der Waals surface area contributed by atoms with Gasteiger partial charge in [-0.2, -0.15) is 8.42 Å². The molecule has 0 spiro atoms. The van der Waals surface area contributed by atoms with E-state index in [4.69, 9.17) is 15.1 Å². The van der Waals surface area contributed by atoms with Gasteiger partial charge in [0.2, 0.25) is 0 Å². The molecule has 3 aromatic rings. The highest BCUT2D eigenvalue weighted by Crippen LogP contribution is 2.31. The Balaban J connectivity index is 0.000000307. The second-order valence-corrected chi connectivity index (χ2v) is 10.0. The Morgan fingerprint density at radius 3 is 2.55 bits per heavy atom. The molecule has 12 heteroatoms. The van der Waals surface area contributed by atoms with Crippen LogP contribution >= 0.6 is 0 Å². The molecule has 5 N–H and O–H groups in total. The van der Waals surface area contributed by atoms with Gasteiger partial charge in [-0.25, -0.2) is 10.8 Å². The van der Waals surface area contributed by atoms with Crippen LogP contribution in [0.1, 0.15) is 55.0 Å². The number of allylic oxidation sites excluding steroid dienone is 1. The van der Waals surface area contributed by atoms with E-state index < -0.39 is 10.1 Å². The van der Waals surface area contributed by atoms with Gasteiger partial charge >= 0.3 is 0 Å². The number of hydrogen-bond donors (Lipinski definition) is 4. The average Bonchev–Trinajstić information content (AvgIpc) is 2.96. The van der Waals surface area contributed by atoms with Crippen LogP contribution in [0, 0.1) is 0 Å². The normalized spacial score (nSPS) is 12.3. The molecule has 0 bridgehead atoms. The van der Waals surface area contributed by atoms with Gasteiger partial charge in [0.15, 0.2) is 12.1 Å². The molecule has 1 aliphatic carbocycles. The Bertz CT molecular complexity index is 1490. The number of nitrogens with one attached hydrogen (secondary N) is 2. The summed E-state index contributed by atoms with van der Waals surface area (Å²) in [7, 11) is -4.28. The van der Waals surface area contributed by atoms with Gasteiger partial charge in [-0.15, -0.1) is 6.58 Å². The summed E-state index contributed by atoms with van der Waals surface area (Å²) in [5, 5.41) is 2.80. The molecule has 210 valence electrons. The molecule has 1 heterocycles. The molecule has 1 aliphatic rings. The van der Waals surface area contributed by atoms with Crippen LogP contribution in [-0.2, 0) is 23.0 Å². The lowest BCUT2D eigenvalue weighted by atomic mass is 9.86. The molecular weight excluding hydrogens is 536 g/mol. The highest BCUT2D eigenvalue weighted by atomic mass is 32.2. The van der Waals surface area contributed by atoms with Gasteiger partial charge < -0.3 is 15.5 Å². The van der Waals surface area contributed by atoms with Crippen LogP contribution in [0.5, 0.6) is 5.75 Å². The summed E-state index contributed by atoms with van der Waals surface area (Å²) in [6, 6.07) is 12.4. The monoisotopic (exact) mass is 566 g/mol. The number of aldehydes is 1. The van der Waals surface area contributed by atoms with Gasteiger partial charge in [0.25, 0.3) is 16.0 Å². The number of nitrogens with two attached hydrogens (primary N) is 1. The van der Waals surface area contributed by atoms with Crippen molar-refractivity contribution in [2.45, 2.75) is 30.6 Å². The van der Waals surface area contributed by atoms with E-state index in [0.717, 1.165) is 35.3 Å². The quantitative estimate of drug-likeness (QED) is 0.0711. The lowest BCUT2D eigenvalue weighted by Gasteiger charge is -2.21. The number of anilines is 1. The average molecular weight is 567 g/mol. The van der Waals surface area contributed by atoms with Gasteiger partial charge in [-0.05, 0) is 55.2 Å². The van der Waals surface area contributed by atoms with Crippen LogP contribution in [0.4, 0.5) is 5.82 Å². The largest absolute Gasteiger partial charge is 0.491 e. The number of carbonyl (C=O) groups excluding carboxylic acids is 3. The number of Topliss-reactive ketones (excluding diaryl/α,β-unsaturated/α-hetero) is 1. The number of ether oxygens (including phenoxy) is 1. The minimum Gasteiger partial charge on any atom is -0.491 e. The second kappa shape index (κ2) is 14.1. The Hall–Kier alpha value is -4.39. The summed E-state index contributed by atoms with van der Waals surface area (Å²) in [5.74, 6) is 6.44. The van der Waals surface area contributed by atoms with Crippen LogP contribution in [0.2, 0.25) is 0 Å². The van der Waals surface area contributed by atoms with Gasteiger partial charge in [-0.1, -0.05) is 24.3 Å². The van der Waals surface area contributed by atoms with Crippen molar-refractivity contribution in [3.63, 3.8) is 0 Å². The lowest BCUT2D eigenvalue weighted by molar-refractivity contribution is 0.0943. The summed E-state index contributed by atoms with van der Waals surface area (Å²) < 4.78 is 35.7. The highest BCUT2D eigenvalue weighted by Gasteiger charge is 2.22. The van der Waals surface area contributed by atoms with Crippen LogP contribution < -0.4 is 21.3 Å². The molecule has 2 aromatic carbocycles. The number of carbonyl (C=O) groups is 3. The summed E-state index contributed by atoms with van der Waals surface area (Å²) in [6.07, 6.45) is 6.63. The Labute approximate surface area is 232 Å². The zero-order chi connectivity index (χ0) is 29.1. The molecule has 0 radical (unpaired) electrons.